The molecule has 0 radical (unpaired) electrons. The predicted molar refractivity (Wildman–Crippen MR) is 105 cm³/mol. The zero-order valence-electron chi connectivity index (χ0n) is 14.0. The average molecular weight is 423 g/mol. The summed E-state index contributed by atoms with van der Waals surface area (Å²) in [5.41, 5.74) is 0.744. The van der Waals surface area contributed by atoms with E-state index in [1.54, 1.807) is 42.0 Å². The molecule has 2 N–H and O–H groups in total. The summed E-state index contributed by atoms with van der Waals surface area (Å²) in [5.74, 6) is 0.0738. The van der Waals surface area contributed by atoms with Gasteiger partial charge in [0.25, 0.3) is 0 Å². The number of anilines is 2. The molecule has 0 saturated carbocycles. The zero-order valence-corrected chi connectivity index (χ0v) is 16.4. The zero-order chi connectivity index (χ0) is 18.2. The van der Waals surface area contributed by atoms with E-state index in [1.807, 2.05) is 30.5 Å². The maximum atomic E-state index is 12.1. The maximum Gasteiger partial charge on any atom is 0.239 e. The molecule has 0 bridgehead atoms. The van der Waals surface area contributed by atoms with Crippen LogP contribution in [0, 0.1) is 0 Å². The van der Waals surface area contributed by atoms with Crippen LogP contribution in [0.3, 0.4) is 0 Å². The van der Waals surface area contributed by atoms with Gasteiger partial charge >= 0.3 is 0 Å². The molecule has 25 heavy (non-hydrogen) atoms. The van der Waals surface area contributed by atoms with Gasteiger partial charge in [-0.2, -0.15) is 0 Å². The number of pyridine rings is 1. The second kappa shape index (κ2) is 9.55. The van der Waals surface area contributed by atoms with Crippen LogP contribution in [-0.4, -0.2) is 48.1 Å². The average Bonchev–Trinajstić information content (AvgIpc) is 2.56. The lowest BCUT2D eigenvalue weighted by Crippen LogP contribution is -2.36. The van der Waals surface area contributed by atoms with E-state index in [9.17, 15) is 9.59 Å². The fourth-order valence-electron chi connectivity index (χ4n) is 2.08. The molecule has 0 atom stereocenters. The predicted octanol–water partition coefficient (Wildman–Crippen LogP) is 3.08. The van der Waals surface area contributed by atoms with Crippen LogP contribution >= 0.6 is 27.7 Å². The van der Waals surface area contributed by atoms with Gasteiger partial charge < -0.3 is 10.6 Å². The molecule has 0 saturated heterocycles. The van der Waals surface area contributed by atoms with Gasteiger partial charge in [0.1, 0.15) is 5.82 Å². The molecule has 0 aliphatic carbocycles. The van der Waals surface area contributed by atoms with Gasteiger partial charge in [0.2, 0.25) is 11.8 Å². The maximum absolute atomic E-state index is 12.1. The van der Waals surface area contributed by atoms with Gasteiger partial charge in [0.05, 0.1) is 13.1 Å². The van der Waals surface area contributed by atoms with Crippen LogP contribution in [0.15, 0.2) is 52.0 Å². The lowest BCUT2D eigenvalue weighted by molar-refractivity contribution is -0.119. The van der Waals surface area contributed by atoms with E-state index in [0.29, 0.717) is 5.82 Å². The topological polar surface area (TPSA) is 74.3 Å². The van der Waals surface area contributed by atoms with Crippen molar-refractivity contribution in [2.45, 2.75) is 4.90 Å². The highest BCUT2D eigenvalue weighted by molar-refractivity contribution is 9.10. The lowest BCUT2D eigenvalue weighted by atomic mass is 10.3. The van der Waals surface area contributed by atoms with Crippen molar-refractivity contribution >= 4 is 51.0 Å². The van der Waals surface area contributed by atoms with E-state index in [2.05, 4.69) is 31.5 Å². The molecule has 0 unspecified atom stereocenters. The van der Waals surface area contributed by atoms with E-state index in [0.717, 1.165) is 15.1 Å². The molecular formula is C17H19BrN4O2S. The minimum Gasteiger partial charge on any atom is -0.325 e. The first kappa shape index (κ1) is 19.4. The summed E-state index contributed by atoms with van der Waals surface area (Å²) in [5, 5.41) is 5.52. The third kappa shape index (κ3) is 6.85. The third-order valence-corrected chi connectivity index (χ3v) is 4.37. The standard InChI is InChI=1S/C17H19BrN4O2S/c1-22(11-17(24)21-15-7-6-12(18)9-19-15)10-16(23)20-13-4-3-5-14(8-13)25-2/h3-9H,10-11H2,1-2H3,(H,20,23)(H,19,21,24). The second-order valence-corrected chi connectivity index (χ2v) is 7.16. The van der Waals surface area contributed by atoms with Crippen molar-refractivity contribution in [3.8, 4) is 0 Å². The van der Waals surface area contributed by atoms with Gasteiger partial charge in [-0.1, -0.05) is 6.07 Å². The van der Waals surface area contributed by atoms with Crippen molar-refractivity contribution in [3.05, 3.63) is 47.1 Å². The number of thioether (sulfide) groups is 1. The highest BCUT2D eigenvalue weighted by Gasteiger charge is 2.11. The van der Waals surface area contributed by atoms with Gasteiger partial charge in [-0.15, -0.1) is 11.8 Å². The van der Waals surface area contributed by atoms with Gasteiger partial charge in [0, 0.05) is 21.3 Å². The van der Waals surface area contributed by atoms with E-state index >= 15 is 0 Å². The highest BCUT2D eigenvalue weighted by Crippen LogP contribution is 2.18. The number of aromatic nitrogens is 1. The van der Waals surface area contributed by atoms with Crippen LogP contribution in [0.25, 0.3) is 0 Å². The Balaban J connectivity index is 1.80. The van der Waals surface area contributed by atoms with Gasteiger partial charge in [-0.05, 0) is 59.6 Å². The first-order valence-corrected chi connectivity index (χ1v) is 9.52. The van der Waals surface area contributed by atoms with E-state index in [-0.39, 0.29) is 24.9 Å². The third-order valence-electron chi connectivity index (χ3n) is 3.18. The monoisotopic (exact) mass is 422 g/mol. The van der Waals surface area contributed by atoms with Crippen molar-refractivity contribution < 1.29 is 9.59 Å². The number of nitrogens with one attached hydrogen (secondary N) is 2. The summed E-state index contributed by atoms with van der Waals surface area (Å²) in [4.78, 5) is 30.9. The Labute approximate surface area is 159 Å². The molecule has 0 aliphatic heterocycles. The number of benzene rings is 1. The second-order valence-electron chi connectivity index (χ2n) is 5.36. The van der Waals surface area contributed by atoms with Crippen LogP contribution in [0.1, 0.15) is 0 Å². The SMILES string of the molecule is CSc1cccc(NC(=O)CN(C)CC(=O)Nc2ccc(Br)cn2)c1. The Hall–Kier alpha value is -1.90. The fraction of sp³-hybridized carbons (Fsp3) is 0.235. The van der Waals surface area contributed by atoms with Crippen molar-refractivity contribution in [2.24, 2.45) is 0 Å². The number of likely N-dealkylation sites (N-methyl/N-ethyl adjacent to an activating group) is 1. The van der Waals surface area contributed by atoms with E-state index in [1.165, 1.54) is 0 Å². The first-order valence-electron chi connectivity index (χ1n) is 7.50. The van der Waals surface area contributed by atoms with Gasteiger partial charge in [0.15, 0.2) is 0 Å². The van der Waals surface area contributed by atoms with Crippen molar-refractivity contribution in [1.82, 2.24) is 9.88 Å². The fourth-order valence-corrected chi connectivity index (χ4v) is 2.77. The molecule has 2 aromatic rings. The highest BCUT2D eigenvalue weighted by atomic mass is 79.9. The quantitative estimate of drug-likeness (QED) is 0.670. The molecule has 8 heteroatoms. The molecule has 0 spiro atoms. The molecule has 1 aromatic carbocycles. The molecule has 6 nitrogen and oxygen atoms in total. The number of carbonyl (C=O) groups excluding carboxylic acids is 2. The van der Waals surface area contributed by atoms with Crippen molar-refractivity contribution in [1.29, 1.82) is 0 Å². The Morgan fingerprint density at radius 2 is 1.88 bits per heavy atom. The smallest absolute Gasteiger partial charge is 0.239 e. The number of amides is 2. The molecule has 2 rings (SSSR count). The number of nitrogens with zero attached hydrogens (tertiary/aromatic N) is 2. The summed E-state index contributed by atoms with van der Waals surface area (Å²) in [7, 11) is 1.71. The Morgan fingerprint density at radius 3 is 2.52 bits per heavy atom. The Bertz CT molecular complexity index is 740. The van der Waals surface area contributed by atoms with Crippen LogP contribution in [-0.2, 0) is 9.59 Å². The minimum absolute atomic E-state index is 0.0933. The van der Waals surface area contributed by atoms with Gasteiger partial charge in [-0.25, -0.2) is 4.98 Å². The van der Waals surface area contributed by atoms with Gasteiger partial charge in [-0.3, -0.25) is 14.5 Å². The molecule has 132 valence electrons. The lowest BCUT2D eigenvalue weighted by Gasteiger charge is -2.16. The number of hydrogen-bond donors (Lipinski definition) is 2. The molecule has 0 fully saturated rings. The largest absolute Gasteiger partial charge is 0.325 e. The minimum atomic E-state index is -0.227. The number of hydrogen-bond acceptors (Lipinski definition) is 5. The number of halogens is 1. The number of carbonyl (C=O) groups is 2. The van der Waals surface area contributed by atoms with Crippen LogP contribution in [0.4, 0.5) is 11.5 Å². The molecule has 2 amide bonds. The van der Waals surface area contributed by atoms with E-state index in [4.69, 9.17) is 0 Å². The Kier molecular flexibility index (Phi) is 7.42. The number of rotatable bonds is 7. The summed E-state index contributed by atoms with van der Waals surface area (Å²) >= 11 is 4.90. The normalized spacial score (nSPS) is 10.6. The van der Waals surface area contributed by atoms with Crippen LogP contribution in [0.2, 0.25) is 0 Å². The summed E-state index contributed by atoms with van der Waals surface area (Å²) in [6, 6.07) is 11.1. The first-order chi connectivity index (χ1) is 12.0. The van der Waals surface area contributed by atoms with Crippen LogP contribution in [0.5, 0.6) is 0 Å². The van der Waals surface area contributed by atoms with Crippen LogP contribution < -0.4 is 10.6 Å². The van der Waals surface area contributed by atoms with Crippen molar-refractivity contribution in [2.75, 3.05) is 37.0 Å². The Morgan fingerprint density at radius 1 is 1.16 bits per heavy atom. The molecule has 0 aliphatic rings. The molecular weight excluding hydrogens is 404 g/mol. The molecule has 1 heterocycles. The van der Waals surface area contributed by atoms with Crippen molar-refractivity contribution in [3.63, 3.8) is 0 Å². The summed E-state index contributed by atoms with van der Waals surface area (Å²) < 4.78 is 0.838. The summed E-state index contributed by atoms with van der Waals surface area (Å²) in [6.07, 6.45) is 3.59. The van der Waals surface area contributed by atoms with E-state index < -0.39 is 0 Å². The molecule has 1 aromatic heterocycles. The summed E-state index contributed by atoms with van der Waals surface area (Å²) in [6.45, 7) is 0.209.